The molecule has 6 nitrogen and oxygen atoms in total. The van der Waals surface area contributed by atoms with E-state index in [0.717, 1.165) is 15.8 Å². The maximum atomic E-state index is 11.6. The van der Waals surface area contributed by atoms with Crippen molar-refractivity contribution >= 4 is 5.71 Å². The average Bonchev–Trinajstić information content (AvgIpc) is 2.41. The Balaban J connectivity index is 2.24. The molecule has 0 radical (unpaired) electrons. The van der Waals surface area contributed by atoms with Gasteiger partial charge in [-0.25, -0.2) is 9.47 Å². The number of ether oxygens (including phenoxy) is 1. The lowest BCUT2D eigenvalue weighted by Crippen LogP contribution is -2.31. The van der Waals surface area contributed by atoms with Crippen LogP contribution < -0.4 is 16.3 Å². The van der Waals surface area contributed by atoms with Crippen LogP contribution in [0.15, 0.2) is 29.2 Å². The number of nitrogens with one attached hydrogen (secondary N) is 1. The van der Waals surface area contributed by atoms with Gasteiger partial charge < -0.3 is 16.0 Å². The summed E-state index contributed by atoms with van der Waals surface area (Å²) in [6.07, 6.45) is 1.94. The molecule has 1 aromatic heterocycles. The molecule has 1 aliphatic heterocycles. The Hall–Kier alpha value is -2.63. The molecule has 0 fully saturated rings. The molecule has 3 N–H and O–H groups in total. The molecule has 1 aromatic carbocycles. The van der Waals surface area contributed by atoms with E-state index in [9.17, 15) is 4.79 Å². The maximum Gasteiger partial charge on any atom is 0.366 e. The van der Waals surface area contributed by atoms with Gasteiger partial charge in [0.05, 0.1) is 11.9 Å². The number of nitrogens with two attached hydrogens (primary N) is 1. The van der Waals surface area contributed by atoms with E-state index in [1.165, 1.54) is 6.20 Å². The number of hydrogen-bond donors (Lipinski definition) is 2. The van der Waals surface area contributed by atoms with Gasteiger partial charge in [-0.1, -0.05) is 19.1 Å². The second kappa shape index (κ2) is 4.73. The maximum absolute atomic E-state index is 11.6. The van der Waals surface area contributed by atoms with E-state index in [2.05, 4.69) is 4.98 Å². The van der Waals surface area contributed by atoms with E-state index in [0.29, 0.717) is 29.3 Å². The molecular weight excluding hydrogens is 268 g/mol. The van der Waals surface area contributed by atoms with Crippen molar-refractivity contribution in [3.63, 3.8) is 0 Å². The van der Waals surface area contributed by atoms with E-state index >= 15 is 0 Å². The Labute approximate surface area is 121 Å². The summed E-state index contributed by atoms with van der Waals surface area (Å²) in [7, 11) is 0. The molecule has 0 bridgehead atoms. The fourth-order valence-corrected chi connectivity index (χ4v) is 2.63. The van der Waals surface area contributed by atoms with Gasteiger partial charge in [0.25, 0.3) is 0 Å². The molecule has 1 unspecified atom stereocenters. The van der Waals surface area contributed by atoms with Crippen molar-refractivity contribution in [1.82, 2.24) is 9.66 Å². The molecule has 0 saturated carbocycles. The zero-order valence-electron chi connectivity index (χ0n) is 11.9. The minimum Gasteiger partial charge on any atom is -0.453 e. The molecule has 1 aliphatic rings. The van der Waals surface area contributed by atoms with Crippen LogP contribution in [0.3, 0.4) is 0 Å². The zero-order chi connectivity index (χ0) is 15.1. The first-order valence-electron chi connectivity index (χ1n) is 6.71. The van der Waals surface area contributed by atoms with Crippen molar-refractivity contribution in [1.29, 1.82) is 5.41 Å². The van der Waals surface area contributed by atoms with E-state index in [1.54, 1.807) is 0 Å². The molecule has 21 heavy (non-hydrogen) atoms. The molecular formula is C15H16N4O2. The summed E-state index contributed by atoms with van der Waals surface area (Å²) >= 11 is 0. The monoisotopic (exact) mass is 284 g/mol. The van der Waals surface area contributed by atoms with E-state index < -0.39 is 5.69 Å². The SMILES string of the molecule is Cc1cccc2c1C(=N)CC(C)c1nc(=O)n(N)cc1O2. The molecule has 6 heteroatoms. The van der Waals surface area contributed by atoms with Crippen LogP contribution in [0, 0.1) is 12.3 Å². The highest BCUT2D eigenvalue weighted by molar-refractivity contribution is 6.02. The van der Waals surface area contributed by atoms with Crippen LogP contribution in [-0.4, -0.2) is 15.4 Å². The first-order valence-corrected chi connectivity index (χ1v) is 6.71. The molecule has 0 spiro atoms. The molecule has 3 rings (SSSR count). The molecule has 108 valence electrons. The number of benzene rings is 1. The summed E-state index contributed by atoms with van der Waals surface area (Å²) in [6, 6.07) is 5.63. The van der Waals surface area contributed by atoms with Gasteiger partial charge in [0, 0.05) is 17.2 Å². The second-order valence-corrected chi connectivity index (χ2v) is 5.31. The number of aryl methyl sites for hydroxylation is 1. The van der Waals surface area contributed by atoms with Gasteiger partial charge >= 0.3 is 5.69 Å². The van der Waals surface area contributed by atoms with E-state index in [-0.39, 0.29) is 5.92 Å². The summed E-state index contributed by atoms with van der Waals surface area (Å²) in [6.45, 7) is 3.87. The normalized spacial score (nSPS) is 17.2. The lowest BCUT2D eigenvalue weighted by Gasteiger charge is -2.23. The lowest BCUT2D eigenvalue weighted by atomic mass is 9.92. The summed E-state index contributed by atoms with van der Waals surface area (Å²) < 4.78 is 6.81. The number of aromatic nitrogens is 2. The summed E-state index contributed by atoms with van der Waals surface area (Å²) in [5.74, 6) is 6.54. The Morgan fingerprint density at radius 3 is 2.95 bits per heavy atom. The average molecular weight is 284 g/mol. The van der Waals surface area contributed by atoms with Crippen LogP contribution >= 0.6 is 0 Å². The number of hydrogen-bond acceptors (Lipinski definition) is 5. The van der Waals surface area contributed by atoms with Crippen molar-refractivity contribution < 1.29 is 4.74 Å². The Kier molecular flexibility index (Phi) is 3.01. The predicted octanol–water partition coefficient (Wildman–Crippen LogP) is 1.93. The van der Waals surface area contributed by atoms with Crippen molar-refractivity contribution in [2.45, 2.75) is 26.2 Å². The Morgan fingerprint density at radius 2 is 2.19 bits per heavy atom. The third-order valence-electron chi connectivity index (χ3n) is 3.68. The van der Waals surface area contributed by atoms with E-state index in [1.807, 2.05) is 32.0 Å². The van der Waals surface area contributed by atoms with E-state index in [4.69, 9.17) is 16.0 Å². The quantitative estimate of drug-likeness (QED) is 0.723. The number of rotatable bonds is 0. The standard InChI is InChI=1S/C15H16N4O2/c1-8-4-3-5-11-13(8)10(16)6-9(2)14-12(21-11)7-19(17)15(20)18-14/h3-5,7,9,16H,6,17H2,1-2H3. The van der Waals surface area contributed by atoms with Crippen LogP contribution in [0.2, 0.25) is 0 Å². The van der Waals surface area contributed by atoms with Crippen molar-refractivity contribution in [2.24, 2.45) is 0 Å². The molecule has 0 amide bonds. The fourth-order valence-electron chi connectivity index (χ4n) is 2.63. The van der Waals surface area contributed by atoms with Gasteiger partial charge in [0.15, 0.2) is 5.75 Å². The van der Waals surface area contributed by atoms with Gasteiger partial charge in [0.2, 0.25) is 0 Å². The third-order valence-corrected chi connectivity index (χ3v) is 3.68. The first kappa shape index (κ1) is 13.4. The van der Waals surface area contributed by atoms with Gasteiger partial charge in [-0.05, 0) is 25.0 Å². The highest BCUT2D eigenvalue weighted by Crippen LogP contribution is 2.36. The number of nitrogen functional groups attached to an aromatic ring is 1. The van der Waals surface area contributed by atoms with Crippen LogP contribution in [0.5, 0.6) is 11.5 Å². The fraction of sp³-hybridized carbons (Fsp3) is 0.267. The Bertz CT molecular complexity index is 795. The topological polar surface area (TPSA) is 94.0 Å². The first-order chi connectivity index (χ1) is 9.97. The smallest absolute Gasteiger partial charge is 0.366 e. The third kappa shape index (κ3) is 2.18. The molecule has 0 saturated heterocycles. The summed E-state index contributed by atoms with van der Waals surface area (Å²) in [5, 5.41) is 8.30. The lowest BCUT2D eigenvalue weighted by molar-refractivity contribution is 0.453. The van der Waals surface area contributed by atoms with Gasteiger partial charge in [-0.2, -0.15) is 4.98 Å². The van der Waals surface area contributed by atoms with Crippen LogP contribution in [0.4, 0.5) is 0 Å². The minimum atomic E-state index is -0.527. The predicted molar refractivity (Wildman–Crippen MR) is 79.8 cm³/mol. The Morgan fingerprint density at radius 1 is 1.43 bits per heavy atom. The molecule has 2 aromatic rings. The van der Waals surface area contributed by atoms with Crippen LogP contribution in [0.1, 0.15) is 36.1 Å². The largest absolute Gasteiger partial charge is 0.453 e. The highest BCUT2D eigenvalue weighted by Gasteiger charge is 2.24. The highest BCUT2D eigenvalue weighted by atomic mass is 16.5. The van der Waals surface area contributed by atoms with Crippen LogP contribution in [0.25, 0.3) is 0 Å². The minimum absolute atomic E-state index is 0.0887. The van der Waals surface area contributed by atoms with Crippen LogP contribution in [-0.2, 0) is 0 Å². The zero-order valence-corrected chi connectivity index (χ0v) is 11.9. The summed E-state index contributed by atoms with van der Waals surface area (Å²) in [5.41, 5.74) is 2.28. The van der Waals surface area contributed by atoms with Crippen molar-refractivity contribution in [2.75, 3.05) is 5.84 Å². The van der Waals surface area contributed by atoms with Gasteiger partial charge in [-0.15, -0.1) is 0 Å². The van der Waals surface area contributed by atoms with Crippen molar-refractivity contribution in [3.8, 4) is 11.5 Å². The summed E-state index contributed by atoms with van der Waals surface area (Å²) in [4.78, 5) is 15.6. The number of nitrogens with zero attached hydrogens (tertiary/aromatic N) is 2. The van der Waals surface area contributed by atoms with Crippen molar-refractivity contribution in [3.05, 3.63) is 51.7 Å². The van der Waals surface area contributed by atoms with Gasteiger partial charge in [-0.3, -0.25) is 0 Å². The second-order valence-electron chi connectivity index (χ2n) is 5.31. The number of fused-ring (bicyclic) bond motifs is 2. The van der Waals surface area contributed by atoms with Gasteiger partial charge in [0.1, 0.15) is 5.75 Å². The molecule has 1 atom stereocenters. The molecule has 0 aliphatic carbocycles. The molecule has 2 heterocycles.